The number of nitrogens with zero attached hydrogens (tertiary/aromatic N) is 2. The molecular weight excluding hydrogens is 191 g/mol. The average molecular weight is 206 g/mol. The van der Waals surface area contributed by atoms with Gasteiger partial charge >= 0.3 is 7.60 Å². The highest BCUT2D eigenvalue weighted by Gasteiger charge is 2.50. The van der Waals surface area contributed by atoms with Gasteiger partial charge in [-0.05, 0) is 13.8 Å². The summed E-state index contributed by atoms with van der Waals surface area (Å²) in [5.41, 5.74) is 0. The number of hydrogen-bond donors (Lipinski definition) is 0. The minimum Gasteiger partial charge on any atom is -0.310 e. The van der Waals surface area contributed by atoms with Crippen LogP contribution < -0.4 is 0 Å². The molecule has 1 rings (SSSR count). The molecule has 13 heavy (non-hydrogen) atoms. The summed E-state index contributed by atoms with van der Waals surface area (Å²) in [6.45, 7) is 3.66. The third-order valence-corrected chi connectivity index (χ3v) is 4.64. The Hall–Kier alpha value is -0.250. The second kappa shape index (κ2) is 3.48. The first-order chi connectivity index (χ1) is 5.97. The molecule has 1 aliphatic heterocycles. The van der Waals surface area contributed by atoms with Crippen LogP contribution in [0.2, 0.25) is 0 Å². The minimum atomic E-state index is -3.14. The van der Waals surface area contributed by atoms with Gasteiger partial charge in [-0.1, -0.05) is 0 Å². The van der Waals surface area contributed by atoms with Crippen molar-refractivity contribution in [1.29, 1.82) is 0 Å². The van der Waals surface area contributed by atoms with E-state index >= 15 is 0 Å². The van der Waals surface area contributed by atoms with Gasteiger partial charge in [0.1, 0.15) is 0 Å². The fraction of sp³-hybridized carbons (Fsp3) is 1.00. The Kier molecular flexibility index (Phi) is 2.90. The second-order valence-electron chi connectivity index (χ2n) is 3.35. The van der Waals surface area contributed by atoms with Crippen molar-refractivity contribution in [2.75, 3.05) is 14.2 Å². The van der Waals surface area contributed by atoms with Gasteiger partial charge < -0.3 is 9.05 Å². The smallest absolute Gasteiger partial charge is 0.310 e. The van der Waals surface area contributed by atoms with E-state index < -0.39 is 12.9 Å². The molecule has 76 valence electrons. The van der Waals surface area contributed by atoms with E-state index in [-0.39, 0.29) is 6.04 Å². The zero-order valence-electron chi connectivity index (χ0n) is 8.35. The van der Waals surface area contributed by atoms with Gasteiger partial charge in [0.05, 0.1) is 6.04 Å². The standard InChI is InChI=1S/C7H15N2O3P/c1-6-5-7(2,9-8-6)13(10,11-3)12-4/h6H,5H2,1-4H3/t6-,7+/m1/s1. The van der Waals surface area contributed by atoms with Crippen LogP contribution in [0.4, 0.5) is 0 Å². The Morgan fingerprint density at radius 1 is 1.46 bits per heavy atom. The van der Waals surface area contributed by atoms with Gasteiger partial charge in [-0.25, -0.2) is 0 Å². The van der Waals surface area contributed by atoms with Crippen LogP contribution in [0.1, 0.15) is 20.3 Å². The van der Waals surface area contributed by atoms with Crippen LogP contribution in [-0.2, 0) is 13.6 Å². The summed E-state index contributed by atoms with van der Waals surface area (Å²) in [7, 11) is -0.400. The number of rotatable bonds is 3. The van der Waals surface area contributed by atoms with Crippen molar-refractivity contribution >= 4 is 7.60 Å². The molecule has 0 spiro atoms. The first-order valence-corrected chi connectivity index (χ1v) is 5.65. The zero-order chi connectivity index (χ0) is 10.1. The summed E-state index contributed by atoms with van der Waals surface area (Å²) in [6.07, 6.45) is 0.603. The second-order valence-corrected chi connectivity index (χ2v) is 6.04. The van der Waals surface area contributed by atoms with Gasteiger partial charge in [-0.3, -0.25) is 4.57 Å². The van der Waals surface area contributed by atoms with Crippen molar-refractivity contribution in [1.82, 2.24) is 0 Å². The molecule has 0 bridgehead atoms. The van der Waals surface area contributed by atoms with Gasteiger partial charge in [0, 0.05) is 20.6 Å². The zero-order valence-corrected chi connectivity index (χ0v) is 9.25. The molecule has 5 nitrogen and oxygen atoms in total. The lowest BCUT2D eigenvalue weighted by Crippen LogP contribution is -2.22. The Labute approximate surface area is 78.1 Å². The van der Waals surface area contributed by atoms with Gasteiger partial charge in [0.15, 0.2) is 5.28 Å². The normalized spacial score (nSPS) is 34.0. The van der Waals surface area contributed by atoms with E-state index in [9.17, 15) is 4.57 Å². The Morgan fingerprint density at radius 3 is 2.31 bits per heavy atom. The van der Waals surface area contributed by atoms with Crippen LogP contribution in [0.15, 0.2) is 10.2 Å². The summed E-state index contributed by atoms with van der Waals surface area (Å²) < 4.78 is 21.8. The Morgan fingerprint density at radius 2 is 2.00 bits per heavy atom. The van der Waals surface area contributed by atoms with E-state index in [0.717, 1.165) is 0 Å². The lowest BCUT2D eigenvalue weighted by atomic mass is 10.2. The van der Waals surface area contributed by atoms with Crippen LogP contribution in [0.3, 0.4) is 0 Å². The predicted octanol–water partition coefficient (Wildman–Crippen LogP) is 2.43. The summed E-state index contributed by atoms with van der Waals surface area (Å²) in [5, 5.41) is 7.11. The van der Waals surface area contributed by atoms with Crippen molar-refractivity contribution in [3.8, 4) is 0 Å². The molecule has 0 aromatic carbocycles. The maximum Gasteiger partial charge on any atom is 0.359 e. The fourth-order valence-electron chi connectivity index (χ4n) is 1.50. The predicted molar refractivity (Wildman–Crippen MR) is 49.0 cm³/mol. The molecule has 0 amide bonds. The van der Waals surface area contributed by atoms with Gasteiger partial charge in [-0.2, -0.15) is 10.2 Å². The summed E-state index contributed by atoms with van der Waals surface area (Å²) in [6, 6.07) is 0.0867. The third kappa shape index (κ3) is 1.68. The lowest BCUT2D eigenvalue weighted by Gasteiger charge is -2.26. The van der Waals surface area contributed by atoms with Gasteiger partial charge in [-0.15, -0.1) is 0 Å². The largest absolute Gasteiger partial charge is 0.359 e. The van der Waals surface area contributed by atoms with E-state index in [0.29, 0.717) is 6.42 Å². The molecule has 0 aromatic heterocycles. The maximum atomic E-state index is 12.0. The summed E-state index contributed by atoms with van der Waals surface area (Å²) >= 11 is 0. The van der Waals surface area contributed by atoms with E-state index in [1.807, 2.05) is 6.92 Å². The average Bonchev–Trinajstić information content (AvgIpc) is 2.46. The lowest BCUT2D eigenvalue weighted by molar-refractivity contribution is 0.248. The maximum absolute atomic E-state index is 12.0. The first kappa shape index (κ1) is 10.8. The van der Waals surface area contributed by atoms with Gasteiger partial charge in [0.2, 0.25) is 0 Å². The third-order valence-electron chi connectivity index (χ3n) is 2.22. The van der Waals surface area contributed by atoms with E-state index in [1.54, 1.807) is 6.92 Å². The molecule has 0 saturated heterocycles. The topological polar surface area (TPSA) is 60.2 Å². The molecule has 0 unspecified atom stereocenters. The molecule has 2 atom stereocenters. The van der Waals surface area contributed by atoms with Crippen LogP contribution in [-0.4, -0.2) is 25.5 Å². The van der Waals surface area contributed by atoms with Crippen molar-refractivity contribution < 1.29 is 13.6 Å². The monoisotopic (exact) mass is 206 g/mol. The molecule has 0 saturated carbocycles. The quantitative estimate of drug-likeness (QED) is 0.666. The van der Waals surface area contributed by atoms with Gasteiger partial charge in [0.25, 0.3) is 0 Å². The van der Waals surface area contributed by atoms with Crippen LogP contribution in [0.25, 0.3) is 0 Å². The highest BCUT2D eigenvalue weighted by Crippen LogP contribution is 2.63. The highest BCUT2D eigenvalue weighted by molar-refractivity contribution is 7.55. The first-order valence-electron chi connectivity index (χ1n) is 4.11. The van der Waals surface area contributed by atoms with Crippen LogP contribution >= 0.6 is 7.60 Å². The number of azo groups is 1. The molecular formula is C7H15N2O3P. The van der Waals surface area contributed by atoms with Crippen molar-refractivity contribution in [3.05, 3.63) is 0 Å². The van der Waals surface area contributed by atoms with Crippen LogP contribution in [0, 0.1) is 0 Å². The molecule has 1 aliphatic rings. The molecule has 1 heterocycles. The van der Waals surface area contributed by atoms with E-state index in [4.69, 9.17) is 9.05 Å². The Bertz CT molecular complexity index is 260. The van der Waals surface area contributed by atoms with E-state index in [1.165, 1.54) is 14.2 Å². The van der Waals surface area contributed by atoms with Crippen LogP contribution in [0.5, 0.6) is 0 Å². The fourth-order valence-corrected chi connectivity index (χ4v) is 3.08. The van der Waals surface area contributed by atoms with Crippen molar-refractivity contribution in [2.45, 2.75) is 31.6 Å². The van der Waals surface area contributed by atoms with E-state index in [2.05, 4.69) is 10.2 Å². The van der Waals surface area contributed by atoms with Crippen molar-refractivity contribution in [2.24, 2.45) is 10.2 Å². The van der Waals surface area contributed by atoms with Crippen molar-refractivity contribution in [3.63, 3.8) is 0 Å². The summed E-state index contributed by atoms with van der Waals surface area (Å²) in [5.74, 6) is 0. The molecule has 6 heteroatoms. The SMILES string of the molecule is COP(=O)(OC)[C@@]1(C)C[C@@H](C)N=N1. The molecule has 0 aliphatic carbocycles. The molecule has 0 fully saturated rings. The number of hydrogen-bond acceptors (Lipinski definition) is 5. The molecule has 0 aromatic rings. The summed E-state index contributed by atoms with van der Waals surface area (Å²) in [4.78, 5) is 0. The highest BCUT2D eigenvalue weighted by atomic mass is 31.2. The minimum absolute atomic E-state index is 0.0867. The Balaban J connectivity index is 2.93. The molecule has 0 N–H and O–H groups in total. The molecule has 0 radical (unpaired) electrons.